The highest BCUT2D eigenvalue weighted by atomic mass is 16.2. The van der Waals surface area contributed by atoms with E-state index < -0.39 is 0 Å². The topological polar surface area (TPSA) is 46.3 Å². The van der Waals surface area contributed by atoms with Gasteiger partial charge in [-0.15, -0.1) is 0 Å². The zero-order valence-electron chi connectivity index (χ0n) is 12.7. The smallest absolute Gasteiger partial charge is 0.222 e. The number of piperidine rings is 1. The van der Waals surface area contributed by atoms with Gasteiger partial charge in [0.05, 0.1) is 0 Å². The molecule has 3 heteroatoms. The molecule has 3 nitrogen and oxygen atoms in total. The van der Waals surface area contributed by atoms with Gasteiger partial charge in [0, 0.05) is 25.2 Å². The molecule has 0 atom stereocenters. The molecular weight excluding hydrogens is 248 g/mol. The van der Waals surface area contributed by atoms with Gasteiger partial charge in [-0.05, 0) is 36.3 Å². The Morgan fingerprint density at radius 2 is 1.95 bits per heavy atom. The van der Waals surface area contributed by atoms with Crippen LogP contribution in [0.3, 0.4) is 0 Å². The van der Waals surface area contributed by atoms with E-state index in [-0.39, 0.29) is 5.91 Å². The Kier molecular flexibility index (Phi) is 4.69. The molecule has 110 valence electrons. The maximum atomic E-state index is 12.3. The number of hydrogen-bond donors (Lipinski definition) is 1. The quantitative estimate of drug-likeness (QED) is 0.857. The summed E-state index contributed by atoms with van der Waals surface area (Å²) in [5.41, 5.74) is 8.21. The Bertz CT molecular complexity index is 462. The molecule has 0 bridgehead atoms. The summed E-state index contributed by atoms with van der Waals surface area (Å²) in [6.07, 6.45) is 4.77. The average molecular weight is 274 g/mol. The minimum Gasteiger partial charge on any atom is -0.399 e. The monoisotopic (exact) mass is 274 g/mol. The van der Waals surface area contributed by atoms with Gasteiger partial charge < -0.3 is 10.6 Å². The Balaban J connectivity index is 1.83. The Hall–Kier alpha value is -1.51. The van der Waals surface area contributed by atoms with Crippen LogP contribution in [0.2, 0.25) is 0 Å². The first-order chi connectivity index (χ1) is 9.54. The first kappa shape index (κ1) is 14.9. The van der Waals surface area contributed by atoms with Crippen molar-refractivity contribution in [3.8, 4) is 0 Å². The lowest BCUT2D eigenvalue weighted by atomic mass is 9.78. The first-order valence-electron chi connectivity index (χ1n) is 7.65. The second-order valence-corrected chi connectivity index (χ2v) is 6.24. The fraction of sp³-hybridized carbons (Fsp3) is 0.588. The van der Waals surface area contributed by atoms with E-state index in [2.05, 4.69) is 13.8 Å². The van der Waals surface area contributed by atoms with Crippen LogP contribution in [-0.4, -0.2) is 23.9 Å². The molecule has 1 aliphatic rings. The maximum Gasteiger partial charge on any atom is 0.222 e. The van der Waals surface area contributed by atoms with Gasteiger partial charge in [0.1, 0.15) is 0 Å². The third kappa shape index (κ3) is 3.53. The van der Waals surface area contributed by atoms with Gasteiger partial charge in [-0.1, -0.05) is 38.5 Å². The Labute approximate surface area is 122 Å². The van der Waals surface area contributed by atoms with Gasteiger partial charge in [0.2, 0.25) is 5.91 Å². The van der Waals surface area contributed by atoms with Crippen LogP contribution in [0.1, 0.15) is 45.1 Å². The van der Waals surface area contributed by atoms with E-state index in [1.807, 2.05) is 29.2 Å². The molecule has 0 spiro atoms. The molecule has 1 heterocycles. The van der Waals surface area contributed by atoms with Gasteiger partial charge >= 0.3 is 0 Å². The summed E-state index contributed by atoms with van der Waals surface area (Å²) in [5, 5.41) is 0. The van der Waals surface area contributed by atoms with Crippen molar-refractivity contribution < 1.29 is 4.79 Å². The van der Waals surface area contributed by atoms with Gasteiger partial charge in [-0.25, -0.2) is 0 Å². The van der Waals surface area contributed by atoms with Gasteiger partial charge in [0.15, 0.2) is 0 Å². The highest BCUT2D eigenvalue weighted by Gasteiger charge is 2.29. The summed E-state index contributed by atoms with van der Waals surface area (Å²) < 4.78 is 0. The Morgan fingerprint density at radius 1 is 1.30 bits per heavy atom. The Morgan fingerprint density at radius 3 is 2.55 bits per heavy atom. The SMILES string of the molecule is CCC1(C)CCN(C(=O)CCc2ccccc2N)CC1. The van der Waals surface area contributed by atoms with Crippen LogP contribution in [0.5, 0.6) is 0 Å². The maximum absolute atomic E-state index is 12.3. The van der Waals surface area contributed by atoms with Crippen LogP contribution >= 0.6 is 0 Å². The fourth-order valence-electron chi connectivity index (χ4n) is 2.81. The van der Waals surface area contributed by atoms with Crippen LogP contribution in [0.25, 0.3) is 0 Å². The van der Waals surface area contributed by atoms with Crippen LogP contribution in [0.4, 0.5) is 5.69 Å². The highest BCUT2D eigenvalue weighted by Crippen LogP contribution is 2.34. The molecule has 0 saturated carbocycles. The molecule has 1 aromatic carbocycles. The normalized spacial score (nSPS) is 18.0. The summed E-state index contributed by atoms with van der Waals surface area (Å²) in [7, 11) is 0. The molecule has 1 fully saturated rings. The molecular formula is C17H26N2O. The van der Waals surface area contributed by atoms with Gasteiger partial charge in [-0.2, -0.15) is 0 Å². The number of nitrogens with two attached hydrogens (primary N) is 1. The minimum absolute atomic E-state index is 0.270. The molecule has 20 heavy (non-hydrogen) atoms. The second kappa shape index (κ2) is 6.29. The van der Waals surface area contributed by atoms with Crippen LogP contribution in [-0.2, 0) is 11.2 Å². The molecule has 1 amide bonds. The van der Waals surface area contributed by atoms with E-state index in [0.717, 1.165) is 43.6 Å². The number of para-hydroxylation sites is 1. The van der Waals surface area contributed by atoms with Crippen molar-refractivity contribution in [1.82, 2.24) is 4.90 Å². The van der Waals surface area contributed by atoms with Crippen molar-refractivity contribution in [3.63, 3.8) is 0 Å². The zero-order chi connectivity index (χ0) is 14.6. The van der Waals surface area contributed by atoms with Crippen molar-refractivity contribution in [2.75, 3.05) is 18.8 Å². The lowest BCUT2D eigenvalue weighted by molar-refractivity contribution is -0.133. The standard InChI is InChI=1S/C17H26N2O/c1-3-17(2)10-12-19(13-11-17)16(20)9-8-14-6-4-5-7-15(14)18/h4-7H,3,8-13,18H2,1-2H3. The van der Waals surface area contributed by atoms with E-state index in [9.17, 15) is 4.79 Å². The fourth-order valence-corrected chi connectivity index (χ4v) is 2.81. The summed E-state index contributed by atoms with van der Waals surface area (Å²) in [4.78, 5) is 14.3. The molecule has 0 unspecified atom stereocenters. The highest BCUT2D eigenvalue weighted by molar-refractivity contribution is 5.76. The molecule has 0 radical (unpaired) electrons. The molecule has 2 rings (SSSR count). The number of aryl methyl sites for hydroxylation is 1. The number of hydrogen-bond acceptors (Lipinski definition) is 2. The third-order valence-corrected chi connectivity index (χ3v) is 4.84. The van der Waals surface area contributed by atoms with E-state index in [1.165, 1.54) is 6.42 Å². The van der Waals surface area contributed by atoms with E-state index in [1.54, 1.807) is 0 Å². The molecule has 0 aromatic heterocycles. The largest absolute Gasteiger partial charge is 0.399 e. The number of rotatable bonds is 4. The molecule has 2 N–H and O–H groups in total. The number of likely N-dealkylation sites (tertiary alicyclic amines) is 1. The van der Waals surface area contributed by atoms with Gasteiger partial charge in [-0.3, -0.25) is 4.79 Å². The predicted octanol–water partition coefficient (Wildman–Crippen LogP) is 3.24. The molecule has 0 aliphatic carbocycles. The number of amides is 1. The van der Waals surface area contributed by atoms with Crippen molar-refractivity contribution in [2.45, 2.75) is 46.0 Å². The number of carbonyl (C=O) groups excluding carboxylic acids is 1. The number of carbonyl (C=O) groups is 1. The summed E-state index contributed by atoms with van der Waals surface area (Å²) >= 11 is 0. The molecule has 1 aromatic rings. The van der Waals surface area contributed by atoms with Crippen LogP contribution in [0.15, 0.2) is 24.3 Å². The van der Waals surface area contributed by atoms with Crippen molar-refractivity contribution in [3.05, 3.63) is 29.8 Å². The van der Waals surface area contributed by atoms with E-state index in [0.29, 0.717) is 11.8 Å². The molecule has 1 saturated heterocycles. The van der Waals surface area contributed by atoms with E-state index >= 15 is 0 Å². The minimum atomic E-state index is 0.270. The number of nitrogens with zero attached hydrogens (tertiary/aromatic N) is 1. The summed E-state index contributed by atoms with van der Waals surface area (Å²) in [6, 6.07) is 7.81. The first-order valence-corrected chi connectivity index (χ1v) is 7.65. The third-order valence-electron chi connectivity index (χ3n) is 4.84. The van der Waals surface area contributed by atoms with Crippen molar-refractivity contribution in [1.29, 1.82) is 0 Å². The zero-order valence-corrected chi connectivity index (χ0v) is 12.7. The average Bonchev–Trinajstić information content (AvgIpc) is 2.47. The summed E-state index contributed by atoms with van der Waals surface area (Å²) in [5.74, 6) is 0.270. The van der Waals surface area contributed by atoms with E-state index in [4.69, 9.17) is 5.73 Å². The second-order valence-electron chi connectivity index (χ2n) is 6.24. The van der Waals surface area contributed by atoms with Gasteiger partial charge in [0.25, 0.3) is 0 Å². The lowest BCUT2D eigenvalue weighted by Gasteiger charge is -2.39. The number of anilines is 1. The van der Waals surface area contributed by atoms with Crippen molar-refractivity contribution in [2.24, 2.45) is 5.41 Å². The van der Waals surface area contributed by atoms with Crippen molar-refractivity contribution >= 4 is 11.6 Å². The van der Waals surface area contributed by atoms with Crippen LogP contribution < -0.4 is 5.73 Å². The summed E-state index contributed by atoms with van der Waals surface area (Å²) in [6.45, 7) is 6.40. The number of nitrogen functional groups attached to an aromatic ring is 1. The predicted molar refractivity (Wildman–Crippen MR) is 83.4 cm³/mol. The number of benzene rings is 1. The lowest BCUT2D eigenvalue weighted by Crippen LogP contribution is -2.42. The van der Waals surface area contributed by atoms with Crippen LogP contribution in [0, 0.1) is 5.41 Å². The molecule has 1 aliphatic heterocycles.